The lowest BCUT2D eigenvalue weighted by Crippen LogP contribution is -2.02. The Hall–Kier alpha value is -1.03. The fraction of sp³-hybridized carbons (Fsp3) is 0.250. The van der Waals surface area contributed by atoms with Crippen molar-refractivity contribution in [3.8, 4) is 5.75 Å². The summed E-state index contributed by atoms with van der Waals surface area (Å²) in [6, 6.07) is 5.52. The van der Waals surface area contributed by atoms with Crippen LogP contribution in [0.15, 0.2) is 29.2 Å². The highest BCUT2D eigenvalue weighted by Gasteiger charge is 2.09. The van der Waals surface area contributed by atoms with Crippen molar-refractivity contribution in [2.75, 3.05) is 5.75 Å². The number of hydrogen-bond acceptors (Lipinski definition) is 3. The van der Waals surface area contributed by atoms with E-state index in [2.05, 4.69) is 0 Å². The molecule has 0 radical (unpaired) electrons. The Morgan fingerprint density at radius 3 is 2.17 bits per heavy atom. The second kappa shape index (κ2) is 3.15. The Labute approximate surface area is 71.6 Å². The minimum atomic E-state index is -3.13. The van der Waals surface area contributed by atoms with Crippen LogP contribution in [0.5, 0.6) is 5.75 Å². The van der Waals surface area contributed by atoms with Crippen molar-refractivity contribution in [1.82, 2.24) is 0 Å². The van der Waals surface area contributed by atoms with Crippen LogP contribution in [0.2, 0.25) is 0 Å². The van der Waals surface area contributed by atoms with Crippen molar-refractivity contribution in [2.24, 2.45) is 0 Å². The number of phenols is 1. The van der Waals surface area contributed by atoms with Gasteiger partial charge in [-0.25, -0.2) is 8.42 Å². The van der Waals surface area contributed by atoms with Crippen molar-refractivity contribution in [2.45, 2.75) is 11.8 Å². The van der Waals surface area contributed by atoms with E-state index < -0.39 is 9.84 Å². The Morgan fingerprint density at radius 1 is 1.25 bits per heavy atom. The van der Waals surface area contributed by atoms with Gasteiger partial charge >= 0.3 is 0 Å². The molecule has 0 spiro atoms. The van der Waals surface area contributed by atoms with Crippen LogP contribution in [0.1, 0.15) is 6.92 Å². The van der Waals surface area contributed by atoms with Crippen LogP contribution in [-0.4, -0.2) is 19.3 Å². The van der Waals surface area contributed by atoms with E-state index in [9.17, 15) is 8.42 Å². The highest BCUT2D eigenvalue weighted by molar-refractivity contribution is 7.91. The second-order valence-corrected chi connectivity index (χ2v) is 4.68. The van der Waals surface area contributed by atoms with E-state index >= 15 is 0 Å². The van der Waals surface area contributed by atoms with Crippen molar-refractivity contribution in [3.63, 3.8) is 0 Å². The lowest BCUT2D eigenvalue weighted by Gasteiger charge is -1.99. The van der Waals surface area contributed by atoms with Gasteiger partial charge in [0, 0.05) is 0 Å². The van der Waals surface area contributed by atoms with Crippen LogP contribution >= 0.6 is 0 Å². The van der Waals surface area contributed by atoms with E-state index in [1.165, 1.54) is 24.3 Å². The van der Waals surface area contributed by atoms with Crippen LogP contribution in [0, 0.1) is 0 Å². The first kappa shape index (κ1) is 9.06. The van der Waals surface area contributed by atoms with Crippen molar-refractivity contribution in [1.29, 1.82) is 0 Å². The molecule has 0 aliphatic rings. The molecule has 1 aromatic rings. The first-order valence-corrected chi connectivity index (χ1v) is 5.23. The largest absolute Gasteiger partial charge is 0.508 e. The number of sulfone groups is 1. The maximum absolute atomic E-state index is 11.2. The van der Waals surface area contributed by atoms with Crippen LogP contribution in [0.25, 0.3) is 0 Å². The lowest BCUT2D eigenvalue weighted by molar-refractivity contribution is 0.475. The van der Waals surface area contributed by atoms with Gasteiger partial charge in [0.25, 0.3) is 0 Å². The Morgan fingerprint density at radius 2 is 1.75 bits per heavy atom. The van der Waals surface area contributed by atoms with Crippen LogP contribution in [-0.2, 0) is 9.84 Å². The highest BCUT2D eigenvalue weighted by Crippen LogP contribution is 2.15. The summed E-state index contributed by atoms with van der Waals surface area (Å²) in [6.07, 6.45) is 0. The summed E-state index contributed by atoms with van der Waals surface area (Å²) in [7, 11) is -3.13. The van der Waals surface area contributed by atoms with Crippen molar-refractivity contribution in [3.05, 3.63) is 24.3 Å². The summed E-state index contributed by atoms with van der Waals surface area (Å²) in [4.78, 5) is 0.253. The first-order chi connectivity index (χ1) is 5.56. The molecule has 0 unspecified atom stereocenters. The minimum absolute atomic E-state index is 0.0741. The van der Waals surface area contributed by atoms with E-state index in [0.717, 1.165) is 0 Å². The van der Waals surface area contributed by atoms with Crippen molar-refractivity contribution < 1.29 is 13.5 Å². The van der Waals surface area contributed by atoms with Gasteiger partial charge in [-0.05, 0) is 24.3 Å². The zero-order chi connectivity index (χ0) is 9.19. The van der Waals surface area contributed by atoms with Crippen LogP contribution in [0.4, 0.5) is 0 Å². The summed E-state index contributed by atoms with van der Waals surface area (Å²) < 4.78 is 22.5. The zero-order valence-electron chi connectivity index (χ0n) is 6.69. The third kappa shape index (κ3) is 1.76. The topological polar surface area (TPSA) is 54.4 Å². The first-order valence-electron chi connectivity index (χ1n) is 3.58. The molecule has 0 atom stereocenters. The summed E-state index contributed by atoms with van der Waals surface area (Å²) in [5, 5.41) is 8.90. The second-order valence-electron chi connectivity index (χ2n) is 2.40. The van der Waals surface area contributed by atoms with Gasteiger partial charge in [0.2, 0.25) is 0 Å². The number of phenolic OH excluding ortho intramolecular Hbond substituents is 1. The zero-order valence-corrected chi connectivity index (χ0v) is 7.50. The van der Waals surface area contributed by atoms with E-state index in [1.807, 2.05) is 0 Å². The predicted molar refractivity (Wildman–Crippen MR) is 45.8 cm³/mol. The van der Waals surface area contributed by atoms with E-state index in [0.29, 0.717) is 0 Å². The number of aromatic hydroxyl groups is 1. The number of hydrogen-bond donors (Lipinski definition) is 1. The number of benzene rings is 1. The Balaban J connectivity index is 3.14. The van der Waals surface area contributed by atoms with E-state index in [4.69, 9.17) is 5.11 Å². The molecule has 0 amide bonds. The highest BCUT2D eigenvalue weighted by atomic mass is 32.2. The predicted octanol–water partition coefficient (Wildman–Crippen LogP) is 1.19. The van der Waals surface area contributed by atoms with Gasteiger partial charge in [0.15, 0.2) is 9.84 Å². The Bertz CT molecular complexity index is 350. The van der Waals surface area contributed by atoms with Gasteiger partial charge in [-0.3, -0.25) is 0 Å². The molecule has 66 valence electrons. The average Bonchev–Trinajstić information content (AvgIpc) is 2.05. The molecule has 4 heteroatoms. The summed E-state index contributed by atoms with van der Waals surface area (Å²) in [6.45, 7) is 1.59. The van der Waals surface area contributed by atoms with Gasteiger partial charge in [0.1, 0.15) is 5.75 Å². The van der Waals surface area contributed by atoms with Crippen LogP contribution in [0.3, 0.4) is 0 Å². The molecule has 0 heterocycles. The average molecular weight is 186 g/mol. The maximum Gasteiger partial charge on any atom is 0.178 e. The quantitative estimate of drug-likeness (QED) is 0.754. The molecule has 12 heavy (non-hydrogen) atoms. The molecule has 0 saturated carbocycles. The van der Waals surface area contributed by atoms with Gasteiger partial charge in [-0.15, -0.1) is 0 Å². The van der Waals surface area contributed by atoms with Crippen LogP contribution < -0.4 is 0 Å². The fourth-order valence-corrected chi connectivity index (χ4v) is 1.70. The monoisotopic (exact) mass is 186 g/mol. The SMILES string of the molecule is CCS(=O)(=O)c1ccc(O)cc1. The molecule has 0 saturated heterocycles. The summed E-state index contributed by atoms with van der Waals surface area (Å²) >= 11 is 0. The normalized spacial score (nSPS) is 11.4. The molecule has 0 aliphatic carbocycles. The smallest absolute Gasteiger partial charge is 0.178 e. The molecule has 3 nitrogen and oxygen atoms in total. The van der Waals surface area contributed by atoms with E-state index in [1.54, 1.807) is 6.92 Å². The molecular formula is C8H10O3S. The van der Waals surface area contributed by atoms with Gasteiger partial charge in [-0.2, -0.15) is 0 Å². The maximum atomic E-state index is 11.2. The molecule has 0 aliphatic heterocycles. The molecule has 0 bridgehead atoms. The Kier molecular flexibility index (Phi) is 2.38. The molecule has 1 rings (SSSR count). The minimum Gasteiger partial charge on any atom is -0.508 e. The van der Waals surface area contributed by atoms with Gasteiger partial charge < -0.3 is 5.11 Å². The standard InChI is InChI=1S/C8H10O3S/c1-2-12(10,11)8-5-3-7(9)4-6-8/h3-6,9H,2H2,1H3. The van der Waals surface area contributed by atoms with Gasteiger partial charge in [0.05, 0.1) is 10.6 Å². The molecule has 1 aromatic carbocycles. The van der Waals surface area contributed by atoms with Gasteiger partial charge in [-0.1, -0.05) is 6.92 Å². The molecule has 1 N–H and O–H groups in total. The third-order valence-electron chi connectivity index (χ3n) is 1.58. The van der Waals surface area contributed by atoms with E-state index in [-0.39, 0.29) is 16.4 Å². The summed E-state index contributed by atoms with van der Waals surface area (Å²) in [5.41, 5.74) is 0. The summed E-state index contributed by atoms with van der Waals surface area (Å²) in [5.74, 6) is 0.155. The third-order valence-corrected chi connectivity index (χ3v) is 3.33. The molecular weight excluding hydrogens is 176 g/mol. The molecule has 0 aromatic heterocycles. The molecule has 0 fully saturated rings. The van der Waals surface area contributed by atoms with Crippen molar-refractivity contribution >= 4 is 9.84 Å². The number of rotatable bonds is 2. The lowest BCUT2D eigenvalue weighted by atomic mass is 10.3. The fourth-order valence-electron chi connectivity index (χ4n) is 0.820.